The standard InChI is InChI=1S/C16H33N3/c1-4-19(5-2)12-13(3)18-16-9-6-8-14(16)15-10-7-11-17-15/h13-18H,4-12H2,1-3H3. The zero-order valence-electron chi connectivity index (χ0n) is 13.1. The van der Waals surface area contributed by atoms with E-state index in [1.165, 1.54) is 58.3 Å². The SMILES string of the molecule is CCN(CC)CC(C)NC1CCCC1C1CCCN1. The molecule has 0 radical (unpaired) electrons. The van der Waals surface area contributed by atoms with Crippen molar-refractivity contribution in [1.82, 2.24) is 15.5 Å². The van der Waals surface area contributed by atoms with Gasteiger partial charge >= 0.3 is 0 Å². The summed E-state index contributed by atoms with van der Waals surface area (Å²) < 4.78 is 0. The average molecular weight is 267 g/mol. The third-order valence-electron chi connectivity index (χ3n) is 5.11. The van der Waals surface area contributed by atoms with E-state index in [0.29, 0.717) is 6.04 Å². The number of nitrogens with zero attached hydrogens (tertiary/aromatic N) is 1. The van der Waals surface area contributed by atoms with Crippen molar-refractivity contribution in [2.24, 2.45) is 5.92 Å². The first-order chi connectivity index (χ1) is 9.24. The summed E-state index contributed by atoms with van der Waals surface area (Å²) in [5, 5.41) is 7.64. The Kier molecular flexibility index (Phi) is 6.11. The van der Waals surface area contributed by atoms with Crippen LogP contribution < -0.4 is 10.6 Å². The fraction of sp³-hybridized carbons (Fsp3) is 1.00. The van der Waals surface area contributed by atoms with Crippen molar-refractivity contribution in [2.45, 2.75) is 71.0 Å². The molecule has 0 aromatic heterocycles. The third kappa shape index (κ3) is 4.17. The quantitative estimate of drug-likeness (QED) is 0.741. The monoisotopic (exact) mass is 267 g/mol. The molecular weight excluding hydrogens is 234 g/mol. The lowest BCUT2D eigenvalue weighted by Crippen LogP contribution is -2.48. The van der Waals surface area contributed by atoms with Crippen LogP contribution in [-0.4, -0.2) is 49.2 Å². The normalized spacial score (nSPS) is 33.2. The van der Waals surface area contributed by atoms with Gasteiger partial charge in [-0.15, -0.1) is 0 Å². The number of rotatable bonds is 7. The van der Waals surface area contributed by atoms with Crippen LogP contribution in [0, 0.1) is 5.92 Å². The second-order valence-electron chi connectivity index (χ2n) is 6.46. The van der Waals surface area contributed by atoms with Gasteiger partial charge in [0.1, 0.15) is 0 Å². The molecule has 1 saturated carbocycles. The van der Waals surface area contributed by atoms with Crippen molar-refractivity contribution < 1.29 is 0 Å². The van der Waals surface area contributed by atoms with E-state index in [2.05, 4.69) is 36.3 Å². The van der Waals surface area contributed by atoms with Gasteiger partial charge in [0.15, 0.2) is 0 Å². The lowest BCUT2D eigenvalue weighted by atomic mass is 9.92. The van der Waals surface area contributed by atoms with Crippen LogP contribution in [0.1, 0.15) is 52.9 Å². The molecule has 4 unspecified atom stereocenters. The lowest BCUT2D eigenvalue weighted by molar-refractivity contribution is 0.239. The number of hydrogen-bond donors (Lipinski definition) is 2. The molecule has 3 nitrogen and oxygen atoms in total. The summed E-state index contributed by atoms with van der Waals surface area (Å²) in [6.45, 7) is 11.6. The van der Waals surface area contributed by atoms with E-state index in [-0.39, 0.29) is 0 Å². The van der Waals surface area contributed by atoms with Gasteiger partial charge in [-0.05, 0) is 58.2 Å². The highest BCUT2D eigenvalue weighted by Crippen LogP contribution is 2.32. The summed E-state index contributed by atoms with van der Waals surface area (Å²) >= 11 is 0. The van der Waals surface area contributed by atoms with Crippen molar-refractivity contribution in [3.63, 3.8) is 0 Å². The molecular formula is C16H33N3. The van der Waals surface area contributed by atoms with Crippen LogP contribution >= 0.6 is 0 Å². The van der Waals surface area contributed by atoms with Crippen molar-refractivity contribution in [1.29, 1.82) is 0 Å². The molecule has 2 N–H and O–H groups in total. The van der Waals surface area contributed by atoms with Gasteiger partial charge in [0.05, 0.1) is 0 Å². The van der Waals surface area contributed by atoms with Crippen LogP contribution in [0.25, 0.3) is 0 Å². The minimum atomic E-state index is 0.618. The van der Waals surface area contributed by atoms with E-state index in [1.807, 2.05) is 0 Å². The van der Waals surface area contributed by atoms with E-state index in [0.717, 1.165) is 18.0 Å². The van der Waals surface area contributed by atoms with Crippen LogP contribution in [0.5, 0.6) is 0 Å². The molecule has 0 bridgehead atoms. The maximum absolute atomic E-state index is 3.92. The maximum atomic E-state index is 3.92. The van der Waals surface area contributed by atoms with Crippen molar-refractivity contribution >= 4 is 0 Å². The highest BCUT2D eigenvalue weighted by molar-refractivity contribution is 4.94. The highest BCUT2D eigenvalue weighted by Gasteiger charge is 2.35. The van der Waals surface area contributed by atoms with Gasteiger partial charge in [0, 0.05) is 24.7 Å². The van der Waals surface area contributed by atoms with Crippen LogP contribution in [0.2, 0.25) is 0 Å². The Bertz CT molecular complexity index is 246. The molecule has 19 heavy (non-hydrogen) atoms. The second-order valence-corrected chi connectivity index (χ2v) is 6.46. The predicted octanol–water partition coefficient (Wildman–Crippen LogP) is 2.23. The average Bonchev–Trinajstić information content (AvgIpc) is 3.05. The molecule has 0 aromatic carbocycles. The molecule has 112 valence electrons. The third-order valence-corrected chi connectivity index (χ3v) is 5.11. The van der Waals surface area contributed by atoms with E-state index in [1.54, 1.807) is 0 Å². The number of hydrogen-bond acceptors (Lipinski definition) is 3. The first-order valence-electron chi connectivity index (χ1n) is 8.46. The summed E-state index contributed by atoms with van der Waals surface area (Å²) in [4.78, 5) is 2.52. The fourth-order valence-electron chi connectivity index (χ4n) is 4.04. The van der Waals surface area contributed by atoms with Crippen molar-refractivity contribution in [3.05, 3.63) is 0 Å². The Labute approximate surface area is 119 Å². The molecule has 3 heteroatoms. The first-order valence-corrected chi connectivity index (χ1v) is 8.46. The van der Waals surface area contributed by atoms with Gasteiger partial charge in [-0.3, -0.25) is 0 Å². The zero-order valence-corrected chi connectivity index (χ0v) is 13.1. The van der Waals surface area contributed by atoms with Crippen molar-refractivity contribution in [2.75, 3.05) is 26.2 Å². The Morgan fingerprint density at radius 1 is 1.16 bits per heavy atom. The summed E-state index contributed by atoms with van der Waals surface area (Å²) in [7, 11) is 0. The fourth-order valence-corrected chi connectivity index (χ4v) is 4.04. The second kappa shape index (κ2) is 7.61. The number of likely N-dealkylation sites (N-methyl/N-ethyl adjacent to an activating group) is 1. The molecule has 1 heterocycles. The molecule has 2 aliphatic rings. The zero-order chi connectivity index (χ0) is 13.7. The Morgan fingerprint density at radius 3 is 2.58 bits per heavy atom. The summed E-state index contributed by atoms with van der Waals surface area (Å²) in [6, 6.07) is 2.16. The molecule has 1 aliphatic heterocycles. The largest absolute Gasteiger partial charge is 0.314 e. The van der Waals surface area contributed by atoms with Gasteiger partial charge < -0.3 is 15.5 Å². The number of nitrogens with one attached hydrogen (secondary N) is 2. The van der Waals surface area contributed by atoms with E-state index >= 15 is 0 Å². The maximum Gasteiger partial charge on any atom is 0.0169 e. The molecule has 2 fully saturated rings. The Hall–Kier alpha value is -0.120. The van der Waals surface area contributed by atoms with Gasteiger partial charge in [-0.2, -0.15) is 0 Å². The molecule has 1 saturated heterocycles. The lowest BCUT2D eigenvalue weighted by Gasteiger charge is -2.31. The molecule has 2 rings (SSSR count). The Balaban J connectivity index is 1.79. The molecule has 0 spiro atoms. The molecule has 0 amide bonds. The highest BCUT2D eigenvalue weighted by atomic mass is 15.1. The van der Waals surface area contributed by atoms with E-state index in [9.17, 15) is 0 Å². The van der Waals surface area contributed by atoms with Crippen LogP contribution in [-0.2, 0) is 0 Å². The summed E-state index contributed by atoms with van der Waals surface area (Å²) in [6.07, 6.45) is 6.99. The summed E-state index contributed by atoms with van der Waals surface area (Å²) in [5.74, 6) is 0.877. The summed E-state index contributed by atoms with van der Waals surface area (Å²) in [5.41, 5.74) is 0. The van der Waals surface area contributed by atoms with Gasteiger partial charge in [-0.1, -0.05) is 20.3 Å². The van der Waals surface area contributed by atoms with Crippen molar-refractivity contribution in [3.8, 4) is 0 Å². The van der Waals surface area contributed by atoms with Crippen LogP contribution in [0.15, 0.2) is 0 Å². The van der Waals surface area contributed by atoms with Gasteiger partial charge in [-0.25, -0.2) is 0 Å². The van der Waals surface area contributed by atoms with E-state index < -0.39 is 0 Å². The smallest absolute Gasteiger partial charge is 0.0169 e. The van der Waals surface area contributed by atoms with Crippen LogP contribution in [0.3, 0.4) is 0 Å². The van der Waals surface area contributed by atoms with Gasteiger partial charge in [0.2, 0.25) is 0 Å². The topological polar surface area (TPSA) is 27.3 Å². The first kappa shape index (κ1) is 15.3. The molecule has 1 aliphatic carbocycles. The molecule has 4 atom stereocenters. The Morgan fingerprint density at radius 2 is 1.95 bits per heavy atom. The van der Waals surface area contributed by atoms with Crippen LogP contribution in [0.4, 0.5) is 0 Å². The minimum Gasteiger partial charge on any atom is -0.314 e. The van der Waals surface area contributed by atoms with Gasteiger partial charge in [0.25, 0.3) is 0 Å². The minimum absolute atomic E-state index is 0.618. The predicted molar refractivity (Wildman–Crippen MR) is 82.5 cm³/mol. The molecule has 0 aromatic rings. The van der Waals surface area contributed by atoms with E-state index in [4.69, 9.17) is 0 Å².